The van der Waals surface area contributed by atoms with Gasteiger partial charge >= 0.3 is 0 Å². The largest absolute Gasteiger partial charge is 0.486 e. The molecule has 0 aliphatic carbocycles. The topological polar surface area (TPSA) is 57.3 Å². The number of carbonyl (C=O) groups is 1. The predicted molar refractivity (Wildman–Crippen MR) is 110 cm³/mol. The van der Waals surface area contributed by atoms with Crippen LogP contribution in [0.25, 0.3) is 0 Å². The Morgan fingerprint density at radius 1 is 1.14 bits per heavy atom. The Morgan fingerprint density at radius 3 is 2.57 bits per heavy atom. The Hall–Kier alpha value is -1.54. The summed E-state index contributed by atoms with van der Waals surface area (Å²) in [5.74, 6) is 1.19. The summed E-state index contributed by atoms with van der Waals surface area (Å²) >= 11 is 6.29. The molecule has 1 unspecified atom stereocenters. The second kappa shape index (κ2) is 8.86. The van der Waals surface area contributed by atoms with Gasteiger partial charge in [-0.05, 0) is 26.4 Å². The lowest BCUT2D eigenvalue weighted by atomic mass is 10.0. The number of hydrogen-bond acceptors (Lipinski definition) is 6. The third-order valence-corrected chi connectivity index (χ3v) is 6.11. The molecular weight excluding hydrogens is 380 g/mol. The first-order valence-corrected chi connectivity index (χ1v) is 10.5. The number of likely N-dealkylation sites (tertiary alicyclic amines) is 1. The van der Waals surface area contributed by atoms with Gasteiger partial charge < -0.3 is 19.7 Å². The highest BCUT2D eigenvalue weighted by Crippen LogP contribution is 2.37. The van der Waals surface area contributed by atoms with E-state index < -0.39 is 0 Å². The standard InChI is InChI=1S/C20H29ClN4O3/c1-23-4-2-3-15(13-23)25-7-5-24(6-8-25)14-20(26)22-17-12-19-18(11-16(17)21)27-9-10-28-19/h11-12,15H,2-10,13-14H2,1H3,(H,22,26). The average Bonchev–Trinajstić information content (AvgIpc) is 2.69. The predicted octanol–water partition coefficient (Wildman–Crippen LogP) is 1.76. The Labute approximate surface area is 171 Å². The van der Waals surface area contributed by atoms with Crippen molar-refractivity contribution in [1.29, 1.82) is 0 Å². The van der Waals surface area contributed by atoms with Gasteiger partial charge in [0.1, 0.15) is 13.2 Å². The van der Waals surface area contributed by atoms with Gasteiger partial charge in [0, 0.05) is 50.9 Å². The summed E-state index contributed by atoms with van der Waals surface area (Å²) in [6.45, 7) is 7.64. The summed E-state index contributed by atoms with van der Waals surface area (Å²) in [4.78, 5) is 19.7. The van der Waals surface area contributed by atoms with Crippen LogP contribution >= 0.6 is 11.6 Å². The van der Waals surface area contributed by atoms with Crippen molar-refractivity contribution in [3.8, 4) is 11.5 Å². The normalized spacial score (nSPS) is 24.1. The van der Waals surface area contributed by atoms with Crippen LogP contribution in [0.15, 0.2) is 12.1 Å². The molecule has 3 aliphatic heterocycles. The number of nitrogens with zero attached hydrogens (tertiary/aromatic N) is 3. The maximum Gasteiger partial charge on any atom is 0.238 e. The molecule has 4 rings (SSSR count). The number of piperidine rings is 1. The van der Waals surface area contributed by atoms with Crippen molar-refractivity contribution in [2.24, 2.45) is 0 Å². The third-order valence-electron chi connectivity index (χ3n) is 5.80. The van der Waals surface area contributed by atoms with Crippen LogP contribution in [-0.2, 0) is 4.79 Å². The number of anilines is 1. The molecule has 2 fully saturated rings. The molecular formula is C20H29ClN4O3. The van der Waals surface area contributed by atoms with Crippen molar-refractivity contribution in [3.63, 3.8) is 0 Å². The molecule has 8 heteroatoms. The molecule has 1 aromatic rings. The molecule has 0 aromatic heterocycles. The molecule has 1 N–H and O–H groups in total. The summed E-state index contributed by atoms with van der Waals surface area (Å²) in [7, 11) is 2.20. The fraction of sp³-hybridized carbons (Fsp3) is 0.650. The monoisotopic (exact) mass is 408 g/mol. The van der Waals surface area contributed by atoms with E-state index in [9.17, 15) is 4.79 Å². The number of carbonyl (C=O) groups excluding carboxylic acids is 1. The van der Waals surface area contributed by atoms with E-state index in [2.05, 4.69) is 27.1 Å². The highest BCUT2D eigenvalue weighted by atomic mass is 35.5. The Kier molecular flexibility index (Phi) is 6.25. The summed E-state index contributed by atoms with van der Waals surface area (Å²) in [6, 6.07) is 4.10. The van der Waals surface area contributed by atoms with Gasteiger partial charge in [0.05, 0.1) is 17.3 Å². The minimum absolute atomic E-state index is 0.0515. The van der Waals surface area contributed by atoms with Gasteiger partial charge in [0.15, 0.2) is 11.5 Å². The molecule has 154 valence electrons. The van der Waals surface area contributed by atoms with E-state index in [-0.39, 0.29) is 5.91 Å². The summed E-state index contributed by atoms with van der Waals surface area (Å²) in [5.41, 5.74) is 0.569. The van der Waals surface area contributed by atoms with Gasteiger partial charge in [-0.3, -0.25) is 14.6 Å². The summed E-state index contributed by atoms with van der Waals surface area (Å²) in [6.07, 6.45) is 2.56. The average molecular weight is 409 g/mol. The van der Waals surface area contributed by atoms with E-state index in [1.807, 2.05) is 0 Å². The first-order valence-electron chi connectivity index (χ1n) is 10.1. The number of ether oxygens (including phenoxy) is 2. The van der Waals surface area contributed by atoms with E-state index in [1.165, 1.54) is 19.4 Å². The van der Waals surface area contributed by atoms with Crippen LogP contribution in [-0.4, -0.2) is 92.7 Å². The van der Waals surface area contributed by atoms with E-state index in [0.717, 1.165) is 32.7 Å². The van der Waals surface area contributed by atoms with Crippen molar-refractivity contribution in [1.82, 2.24) is 14.7 Å². The molecule has 1 atom stereocenters. The van der Waals surface area contributed by atoms with E-state index >= 15 is 0 Å². The van der Waals surface area contributed by atoms with Crippen LogP contribution < -0.4 is 14.8 Å². The number of nitrogens with one attached hydrogen (secondary N) is 1. The second-order valence-electron chi connectivity index (χ2n) is 7.89. The van der Waals surface area contributed by atoms with E-state index in [0.29, 0.717) is 48.0 Å². The van der Waals surface area contributed by atoms with E-state index in [4.69, 9.17) is 21.1 Å². The fourth-order valence-electron chi connectivity index (χ4n) is 4.28. The van der Waals surface area contributed by atoms with Gasteiger partial charge in [0.2, 0.25) is 5.91 Å². The number of amides is 1. The quantitative estimate of drug-likeness (QED) is 0.819. The van der Waals surface area contributed by atoms with Gasteiger partial charge in [-0.15, -0.1) is 0 Å². The van der Waals surface area contributed by atoms with Crippen molar-refractivity contribution < 1.29 is 14.3 Å². The van der Waals surface area contributed by atoms with Gasteiger partial charge in [-0.25, -0.2) is 0 Å². The molecule has 0 saturated carbocycles. The van der Waals surface area contributed by atoms with Gasteiger partial charge in [-0.1, -0.05) is 11.6 Å². The smallest absolute Gasteiger partial charge is 0.238 e. The number of piperazine rings is 1. The van der Waals surface area contributed by atoms with Gasteiger partial charge in [0.25, 0.3) is 0 Å². The van der Waals surface area contributed by atoms with Crippen LogP contribution in [0, 0.1) is 0 Å². The highest BCUT2D eigenvalue weighted by Gasteiger charge is 2.27. The Bertz CT molecular complexity index is 709. The molecule has 2 saturated heterocycles. The Morgan fingerprint density at radius 2 is 1.86 bits per heavy atom. The maximum atomic E-state index is 12.5. The zero-order valence-electron chi connectivity index (χ0n) is 16.5. The van der Waals surface area contributed by atoms with Crippen molar-refractivity contribution in [3.05, 3.63) is 17.2 Å². The molecule has 3 heterocycles. The van der Waals surface area contributed by atoms with Crippen LogP contribution in [0.1, 0.15) is 12.8 Å². The minimum atomic E-state index is -0.0515. The molecule has 0 spiro atoms. The van der Waals surface area contributed by atoms with Crippen molar-refractivity contribution >= 4 is 23.2 Å². The maximum absolute atomic E-state index is 12.5. The summed E-state index contributed by atoms with van der Waals surface area (Å²) < 4.78 is 11.1. The number of likely N-dealkylation sites (N-methyl/N-ethyl adjacent to an activating group) is 1. The molecule has 28 heavy (non-hydrogen) atoms. The molecule has 1 aromatic carbocycles. The lowest BCUT2D eigenvalue weighted by Gasteiger charge is -2.42. The zero-order chi connectivity index (χ0) is 19.5. The first kappa shape index (κ1) is 19.8. The second-order valence-corrected chi connectivity index (χ2v) is 8.30. The fourth-order valence-corrected chi connectivity index (χ4v) is 4.48. The first-order chi connectivity index (χ1) is 13.6. The third kappa shape index (κ3) is 4.71. The number of halogens is 1. The van der Waals surface area contributed by atoms with Gasteiger partial charge in [-0.2, -0.15) is 0 Å². The number of benzene rings is 1. The molecule has 0 bridgehead atoms. The highest BCUT2D eigenvalue weighted by molar-refractivity contribution is 6.34. The van der Waals surface area contributed by atoms with Crippen LogP contribution in [0.5, 0.6) is 11.5 Å². The van der Waals surface area contributed by atoms with E-state index in [1.54, 1.807) is 12.1 Å². The number of hydrogen-bond donors (Lipinski definition) is 1. The number of rotatable bonds is 4. The lowest BCUT2D eigenvalue weighted by molar-refractivity contribution is -0.117. The lowest BCUT2D eigenvalue weighted by Crippen LogP contribution is -2.55. The molecule has 0 radical (unpaired) electrons. The van der Waals surface area contributed by atoms with Crippen molar-refractivity contribution in [2.75, 3.05) is 71.4 Å². The Balaban J connectivity index is 1.27. The molecule has 3 aliphatic rings. The molecule has 7 nitrogen and oxygen atoms in total. The van der Waals surface area contributed by atoms with Crippen LogP contribution in [0.3, 0.4) is 0 Å². The zero-order valence-corrected chi connectivity index (χ0v) is 17.2. The van der Waals surface area contributed by atoms with Crippen molar-refractivity contribution in [2.45, 2.75) is 18.9 Å². The SMILES string of the molecule is CN1CCCC(N2CCN(CC(=O)Nc3cc4c(cc3Cl)OCCO4)CC2)C1. The molecule has 1 amide bonds. The van der Waals surface area contributed by atoms with Crippen LogP contribution in [0.2, 0.25) is 5.02 Å². The minimum Gasteiger partial charge on any atom is -0.486 e. The summed E-state index contributed by atoms with van der Waals surface area (Å²) in [5, 5.41) is 3.38. The van der Waals surface area contributed by atoms with Crippen LogP contribution in [0.4, 0.5) is 5.69 Å². The number of fused-ring (bicyclic) bond motifs is 1.